The van der Waals surface area contributed by atoms with Gasteiger partial charge in [0.2, 0.25) is 5.91 Å². The van der Waals surface area contributed by atoms with Crippen molar-refractivity contribution in [1.82, 2.24) is 4.90 Å². The lowest BCUT2D eigenvalue weighted by molar-refractivity contribution is -0.151. The Morgan fingerprint density at radius 3 is 2.69 bits per heavy atom. The zero-order valence-corrected chi connectivity index (χ0v) is 22.0. The highest BCUT2D eigenvalue weighted by molar-refractivity contribution is 9.09. The van der Waals surface area contributed by atoms with Crippen molar-refractivity contribution in [2.45, 2.75) is 55.3 Å². The number of alkyl halides is 1. The number of likely N-dealkylation sites (tertiary alicyclic amines) is 1. The summed E-state index contributed by atoms with van der Waals surface area (Å²) in [5.41, 5.74) is -0.884. The van der Waals surface area contributed by atoms with Crippen LogP contribution in [0, 0.1) is 17.8 Å². The molecule has 2 N–H and O–H groups in total. The van der Waals surface area contributed by atoms with Gasteiger partial charge in [-0.05, 0) is 24.5 Å². The smallest absolute Gasteiger partial charge is 0.310 e. The van der Waals surface area contributed by atoms with Gasteiger partial charge in [0, 0.05) is 11.4 Å². The van der Waals surface area contributed by atoms with Gasteiger partial charge in [-0.1, -0.05) is 66.0 Å². The second kappa shape index (κ2) is 9.84. The van der Waals surface area contributed by atoms with E-state index in [1.807, 2.05) is 13.8 Å². The van der Waals surface area contributed by atoms with E-state index in [0.717, 1.165) is 0 Å². The lowest BCUT2D eigenvalue weighted by atomic mass is 9.70. The van der Waals surface area contributed by atoms with Gasteiger partial charge in [0.15, 0.2) is 0 Å². The Balaban J connectivity index is 1.89. The first-order valence-electron chi connectivity index (χ1n) is 11.8. The van der Waals surface area contributed by atoms with Gasteiger partial charge in [0.1, 0.15) is 11.6 Å². The number of rotatable bonds is 9. The average molecular weight is 570 g/mol. The van der Waals surface area contributed by atoms with Crippen LogP contribution < -0.4 is 4.90 Å². The highest BCUT2D eigenvalue weighted by Crippen LogP contribution is 2.60. The maximum absolute atomic E-state index is 14.4. The number of amides is 2. The van der Waals surface area contributed by atoms with Crippen LogP contribution in [0.2, 0.25) is 5.02 Å². The lowest BCUT2D eigenvalue weighted by Crippen LogP contribution is -2.60. The number of nitrogens with zero attached hydrogens (tertiary/aromatic N) is 2. The van der Waals surface area contributed by atoms with Crippen LogP contribution in [-0.2, 0) is 19.1 Å². The van der Waals surface area contributed by atoms with Crippen LogP contribution >= 0.6 is 27.5 Å². The number of carboxylic acid groups (broad SMARTS) is 1. The van der Waals surface area contributed by atoms with E-state index < -0.39 is 53.4 Å². The number of anilines is 1. The molecular formula is C25H30BrClN2O6. The summed E-state index contributed by atoms with van der Waals surface area (Å²) in [6.07, 6.45) is 1.79. The van der Waals surface area contributed by atoms with Gasteiger partial charge in [-0.3, -0.25) is 14.4 Å². The minimum absolute atomic E-state index is 0.124. The van der Waals surface area contributed by atoms with E-state index in [9.17, 15) is 24.6 Å². The molecule has 3 fully saturated rings. The Morgan fingerprint density at radius 1 is 1.43 bits per heavy atom. The maximum Gasteiger partial charge on any atom is 0.310 e. The molecule has 3 aliphatic rings. The van der Waals surface area contributed by atoms with E-state index in [1.165, 1.54) is 9.80 Å². The second-order valence-corrected chi connectivity index (χ2v) is 11.2. The number of ether oxygens (including phenoxy) is 1. The topological polar surface area (TPSA) is 107 Å². The number of carbonyl (C=O) groups is 3. The number of hydrogen-bond donors (Lipinski definition) is 2. The van der Waals surface area contributed by atoms with Gasteiger partial charge in [-0.25, -0.2) is 0 Å². The molecule has 0 aliphatic carbocycles. The molecular weight excluding hydrogens is 540 g/mol. The Labute approximate surface area is 218 Å². The molecule has 1 spiro atoms. The molecule has 1 unspecified atom stereocenters. The SMILES string of the molecule is C=CCN(C(=O)[C@@H]1N([C@@H](CO)[C@@H](C)CC)C(=O)[C@H]2[C@H](C(=O)O)[C@H]3O[C@@]12CC3Br)c1ccccc1Cl. The molecule has 8 atom stereocenters. The summed E-state index contributed by atoms with van der Waals surface area (Å²) in [7, 11) is 0. The van der Waals surface area contributed by atoms with Crippen LogP contribution in [0.1, 0.15) is 26.7 Å². The first-order valence-corrected chi connectivity index (χ1v) is 13.1. The van der Waals surface area contributed by atoms with E-state index in [0.29, 0.717) is 23.6 Å². The zero-order valence-electron chi connectivity index (χ0n) is 19.6. The molecule has 3 aliphatic heterocycles. The van der Waals surface area contributed by atoms with E-state index >= 15 is 0 Å². The van der Waals surface area contributed by atoms with E-state index in [1.54, 1.807) is 30.3 Å². The number of carbonyl (C=O) groups excluding carboxylic acids is 2. The third kappa shape index (κ3) is 3.91. The van der Waals surface area contributed by atoms with Crippen molar-refractivity contribution in [2.75, 3.05) is 18.1 Å². The lowest BCUT2D eigenvalue weighted by Gasteiger charge is -2.41. The molecule has 0 aromatic heterocycles. The molecule has 8 nitrogen and oxygen atoms in total. The third-order valence-corrected chi connectivity index (χ3v) is 8.98. The number of halogens is 2. The molecule has 190 valence electrons. The quantitative estimate of drug-likeness (QED) is 0.350. The van der Waals surface area contributed by atoms with Crippen LogP contribution in [0.3, 0.4) is 0 Å². The molecule has 35 heavy (non-hydrogen) atoms. The Hall–Kier alpha value is -1.94. The number of carboxylic acids is 1. The van der Waals surface area contributed by atoms with Crippen molar-refractivity contribution < 1.29 is 29.3 Å². The van der Waals surface area contributed by atoms with Crippen LogP contribution in [0.4, 0.5) is 5.69 Å². The van der Waals surface area contributed by atoms with Crippen molar-refractivity contribution in [3.8, 4) is 0 Å². The van der Waals surface area contributed by atoms with E-state index in [4.69, 9.17) is 16.3 Å². The summed E-state index contributed by atoms with van der Waals surface area (Å²) >= 11 is 9.99. The first-order chi connectivity index (χ1) is 16.6. The predicted molar refractivity (Wildman–Crippen MR) is 135 cm³/mol. The number of aliphatic carboxylic acids is 1. The molecule has 1 aromatic rings. The number of para-hydroxylation sites is 1. The van der Waals surface area contributed by atoms with Crippen LogP contribution in [0.15, 0.2) is 36.9 Å². The van der Waals surface area contributed by atoms with Crippen molar-refractivity contribution in [3.63, 3.8) is 0 Å². The van der Waals surface area contributed by atoms with Gasteiger partial charge in [0.05, 0.1) is 41.3 Å². The van der Waals surface area contributed by atoms with Crippen molar-refractivity contribution in [2.24, 2.45) is 17.8 Å². The highest BCUT2D eigenvalue weighted by Gasteiger charge is 2.77. The number of hydrogen-bond acceptors (Lipinski definition) is 5. The van der Waals surface area contributed by atoms with Crippen LogP contribution in [0.5, 0.6) is 0 Å². The average Bonchev–Trinajstić information content (AvgIpc) is 3.42. The van der Waals surface area contributed by atoms with Crippen molar-refractivity contribution in [3.05, 3.63) is 41.9 Å². The molecule has 0 saturated carbocycles. The van der Waals surface area contributed by atoms with E-state index in [-0.39, 0.29) is 23.9 Å². The largest absolute Gasteiger partial charge is 0.481 e. The molecule has 2 amide bonds. The fourth-order valence-corrected chi connectivity index (χ4v) is 7.24. The van der Waals surface area contributed by atoms with Crippen LogP contribution in [0.25, 0.3) is 0 Å². The third-order valence-electron chi connectivity index (χ3n) is 7.81. The summed E-state index contributed by atoms with van der Waals surface area (Å²) in [5.74, 6) is -4.29. The molecule has 3 saturated heterocycles. The Bertz CT molecular complexity index is 1040. The predicted octanol–water partition coefficient (Wildman–Crippen LogP) is 3.10. The number of aliphatic hydroxyl groups excluding tert-OH is 1. The Kier molecular flexibility index (Phi) is 7.35. The summed E-state index contributed by atoms with van der Waals surface area (Å²) in [6, 6.07) is 5.08. The summed E-state index contributed by atoms with van der Waals surface area (Å²) in [6.45, 7) is 7.38. The summed E-state index contributed by atoms with van der Waals surface area (Å²) in [4.78, 5) is 43.2. The molecule has 3 heterocycles. The van der Waals surface area contributed by atoms with Gasteiger partial charge in [-0.2, -0.15) is 0 Å². The van der Waals surface area contributed by atoms with Gasteiger partial charge < -0.3 is 24.7 Å². The molecule has 0 radical (unpaired) electrons. The van der Waals surface area contributed by atoms with Gasteiger partial charge in [-0.15, -0.1) is 6.58 Å². The Morgan fingerprint density at radius 2 is 2.11 bits per heavy atom. The van der Waals surface area contributed by atoms with Crippen molar-refractivity contribution in [1.29, 1.82) is 0 Å². The highest BCUT2D eigenvalue weighted by atomic mass is 79.9. The van der Waals surface area contributed by atoms with Gasteiger partial charge in [0.25, 0.3) is 5.91 Å². The first kappa shape index (κ1) is 26.1. The maximum atomic E-state index is 14.4. The molecule has 4 rings (SSSR count). The molecule has 10 heteroatoms. The summed E-state index contributed by atoms with van der Waals surface area (Å²) < 4.78 is 6.33. The fourth-order valence-electron chi connectivity index (χ4n) is 6.05. The minimum Gasteiger partial charge on any atom is -0.481 e. The number of aliphatic hydroxyl groups is 1. The standard InChI is InChI=1S/C25H30BrClN2O6/c1-4-10-28(16-9-7-6-8-15(16)27)23(32)21-25-11-14(26)20(35-25)18(24(33)34)19(25)22(31)29(21)17(12-30)13(3)5-2/h4,6-9,13-14,17-21,30H,1,5,10-12H2,2-3H3,(H,33,34)/t13-,14?,17-,18-,19+,20-,21-,25+/m0/s1. The normalized spacial score (nSPS) is 32.9. The van der Waals surface area contributed by atoms with E-state index in [2.05, 4.69) is 22.5 Å². The second-order valence-electron chi connectivity index (χ2n) is 9.57. The molecule has 2 bridgehead atoms. The fraction of sp³-hybridized carbons (Fsp3) is 0.560. The number of fused-ring (bicyclic) bond motifs is 1. The summed E-state index contributed by atoms with van der Waals surface area (Å²) in [5, 5.41) is 20.7. The molecule has 1 aromatic carbocycles. The van der Waals surface area contributed by atoms with Crippen LogP contribution in [-0.4, -0.2) is 74.7 Å². The monoisotopic (exact) mass is 568 g/mol. The zero-order chi connectivity index (χ0) is 25.7. The number of benzene rings is 1. The van der Waals surface area contributed by atoms with Gasteiger partial charge >= 0.3 is 5.97 Å². The minimum atomic E-state index is -1.34. The van der Waals surface area contributed by atoms with Crippen molar-refractivity contribution >= 4 is 51.0 Å².